The highest BCUT2D eigenvalue weighted by Crippen LogP contribution is 2.21. The van der Waals surface area contributed by atoms with Crippen molar-refractivity contribution in [3.63, 3.8) is 0 Å². The van der Waals surface area contributed by atoms with Crippen molar-refractivity contribution in [3.8, 4) is 0 Å². The first-order valence-corrected chi connectivity index (χ1v) is 5.69. The molecule has 16 heavy (non-hydrogen) atoms. The van der Waals surface area contributed by atoms with E-state index in [1.807, 2.05) is 12.3 Å². The molecule has 1 atom stereocenters. The molecular weight excluding hydrogens is 222 g/mol. The number of aromatic nitrogens is 1. The molecule has 4 nitrogen and oxygen atoms in total. The van der Waals surface area contributed by atoms with Crippen LogP contribution in [0.1, 0.15) is 12.5 Å². The maximum absolute atomic E-state index is 5.70. The molecule has 0 spiro atoms. The first-order chi connectivity index (χ1) is 7.68. The molecule has 2 heterocycles. The molecule has 1 aliphatic rings. The standard InChI is InChI=1S/C11H15N3OS/c1-8-7-14(4-5-15-8)10-6-13-3-2-9(10)11(12)16/h2-3,6,8H,4-5,7H2,1H3,(H2,12,16). The van der Waals surface area contributed by atoms with Crippen LogP contribution >= 0.6 is 12.2 Å². The Bertz CT molecular complexity index is 397. The summed E-state index contributed by atoms with van der Waals surface area (Å²) in [6, 6.07) is 1.86. The Kier molecular flexibility index (Phi) is 3.36. The van der Waals surface area contributed by atoms with Crippen LogP contribution in [-0.4, -0.2) is 35.8 Å². The molecule has 0 radical (unpaired) electrons. The number of hydrogen-bond acceptors (Lipinski definition) is 4. The molecule has 0 amide bonds. The fraction of sp³-hybridized carbons (Fsp3) is 0.455. The summed E-state index contributed by atoms with van der Waals surface area (Å²) >= 11 is 5.04. The fourth-order valence-corrected chi connectivity index (χ4v) is 2.06. The second kappa shape index (κ2) is 4.76. The number of pyridine rings is 1. The molecule has 86 valence electrons. The Hall–Kier alpha value is -1.20. The minimum Gasteiger partial charge on any atom is -0.389 e. The largest absolute Gasteiger partial charge is 0.389 e. The summed E-state index contributed by atoms with van der Waals surface area (Å²) < 4.78 is 5.50. The van der Waals surface area contributed by atoms with E-state index in [-0.39, 0.29) is 6.10 Å². The van der Waals surface area contributed by atoms with Crippen molar-refractivity contribution in [2.75, 3.05) is 24.6 Å². The average Bonchev–Trinajstić information content (AvgIpc) is 2.29. The van der Waals surface area contributed by atoms with Gasteiger partial charge < -0.3 is 15.4 Å². The number of nitrogens with zero attached hydrogens (tertiary/aromatic N) is 2. The summed E-state index contributed by atoms with van der Waals surface area (Å²) in [6.45, 7) is 4.49. The van der Waals surface area contributed by atoms with Gasteiger partial charge in [0, 0.05) is 24.8 Å². The maximum atomic E-state index is 5.70. The molecule has 1 aromatic rings. The van der Waals surface area contributed by atoms with Crippen molar-refractivity contribution in [3.05, 3.63) is 24.0 Å². The minimum absolute atomic E-state index is 0.230. The number of thiocarbonyl (C=S) groups is 1. The normalized spacial score (nSPS) is 20.8. The van der Waals surface area contributed by atoms with Gasteiger partial charge in [0.05, 0.1) is 24.6 Å². The molecule has 1 fully saturated rings. The van der Waals surface area contributed by atoms with E-state index in [0.717, 1.165) is 30.9 Å². The maximum Gasteiger partial charge on any atom is 0.106 e. The van der Waals surface area contributed by atoms with Gasteiger partial charge in [-0.25, -0.2) is 0 Å². The second-order valence-corrected chi connectivity index (χ2v) is 4.32. The van der Waals surface area contributed by atoms with Crippen LogP contribution in [0.25, 0.3) is 0 Å². The highest BCUT2D eigenvalue weighted by atomic mass is 32.1. The lowest BCUT2D eigenvalue weighted by Crippen LogP contribution is -2.42. The third-order valence-corrected chi connectivity index (χ3v) is 2.87. The molecule has 0 saturated carbocycles. The minimum atomic E-state index is 0.230. The van der Waals surface area contributed by atoms with E-state index in [1.54, 1.807) is 6.20 Å². The highest BCUT2D eigenvalue weighted by molar-refractivity contribution is 7.80. The van der Waals surface area contributed by atoms with E-state index in [2.05, 4.69) is 16.8 Å². The summed E-state index contributed by atoms with van der Waals surface area (Å²) in [6.07, 6.45) is 3.75. The average molecular weight is 237 g/mol. The SMILES string of the molecule is CC1CN(c2cnccc2C(N)=S)CCO1. The van der Waals surface area contributed by atoms with Gasteiger partial charge in [0.15, 0.2) is 0 Å². The molecule has 1 saturated heterocycles. The fourth-order valence-electron chi connectivity index (χ4n) is 1.88. The van der Waals surface area contributed by atoms with Crippen molar-refractivity contribution in [1.29, 1.82) is 0 Å². The van der Waals surface area contributed by atoms with Crippen LogP contribution < -0.4 is 10.6 Å². The predicted octanol–water partition coefficient (Wildman–Crippen LogP) is 0.941. The molecule has 2 N–H and O–H groups in total. The van der Waals surface area contributed by atoms with Gasteiger partial charge in [0.2, 0.25) is 0 Å². The van der Waals surface area contributed by atoms with Crippen LogP contribution in [0.2, 0.25) is 0 Å². The Morgan fingerprint density at radius 2 is 2.50 bits per heavy atom. The van der Waals surface area contributed by atoms with E-state index < -0.39 is 0 Å². The highest BCUT2D eigenvalue weighted by Gasteiger charge is 2.19. The summed E-state index contributed by atoms with van der Waals surface area (Å²) in [4.78, 5) is 6.76. The van der Waals surface area contributed by atoms with E-state index in [0.29, 0.717) is 4.99 Å². The number of nitrogens with two attached hydrogens (primary N) is 1. The number of morpholine rings is 1. The van der Waals surface area contributed by atoms with Crippen molar-refractivity contribution < 1.29 is 4.74 Å². The van der Waals surface area contributed by atoms with Crippen molar-refractivity contribution in [2.45, 2.75) is 13.0 Å². The molecular formula is C11H15N3OS. The van der Waals surface area contributed by atoms with Crippen LogP contribution in [-0.2, 0) is 4.74 Å². The van der Waals surface area contributed by atoms with Gasteiger partial charge in [-0.3, -0.25) is 4.98 Å². The Balaban J connectivity index is 2.28. The Morgan fingerprint density at radius 1 is 1.69 bits per heavy atom. The predicted molar refractivity (Wildman–Crippen MR) is 67.8 cm³/mol. The first kappa shape index (κ1) is 11.3. The molecule has 1 unspecified atom stereocenters. The summed E-state index contributed by atoms with van der Waals surface area (Å²) in [5.41, 5.74) is 7.59. The lowest BCUT2D eigenvalue weighted by Gasteiger charge is -2.33. The van der Waals surface area contributed by atoms with E-state index in [1.165, 1.54) is 0 Å². The van der Waals surface area contributed by atoms with Crippen LogP contribution in [0.15, 0.2) is 18.5 Å². The third-order valence-electron chi connectivity index (χ3n) is 2.65. The van der Waals surface area contributed by atoms with Gasteiger partial charge in [-0.05, 0) is 13.0 Å². The molecule has 1 aromatic heterocycles. The monoisotopic (exact) mass is 237 g/mol. The molecule has 5 heteroatoms. The number of hydrogen-bond donors (Lipinski definition) is 1. The lowest BCUT2D eigenvalue weighted by atomic mass is 10.2. The second-order valence-electron chi connectivity index (χ2n) is 3.88. The smallest absolute Gasteiger partial charge is 0.106 e. The van der Waals surface area contributed by atoms with Gasteiger partial charge >= 0.3 is 0 Å². The van der Waals surface area contributed by atoms with E-state index >= 15 is 0 Å². The van der Waals surface area contributed by atoms with Gasteiger partial charge in [-0.2, -0.15) is 0 Å². The zero-order chi connectivity index (χ0) is 11.5. The van der Waals surface area contributed by atoms with E-state index in [4.69, 9.17) is 22.7 Å². The first-order valence-electron chi connectivity index (χ1n) is 5.29. The van der Waals surface area contributed by atoms with Crippen molar-refractivity contribution in [2.24, 2.45) is 5.73 Å². The van der Waals surface area contributed by atoms with Gasteiger partial charge in [-0.15, -0.1) is 0 Å². The Labute approximate surface area is 100 Å². The van der Waals surface area contributed by atoms with Crippen molar-refractivity contribution >= 4 is 22.9 Å². The van der Waals surface area contributed by atoms with Crippen LogP contribution in [0.5, 0.6) is 0 Å². The van der Waals surface area contributed by atoms with Crippen LogP contribution in [0.4, 0.5) is 5.69 Å². The number of anilines is 1. The van der Waals surface area contributed by atoms with Crippen molar-refractivity contribution in [1.82, 2.24) is 4.98 Å². The summed E-state index contributed by atoms with van der Waals surface area (Å²) in [5.74, 6) is 0. The van der Waals surface area contributed by atoms with E-state index in [9.17, 15) is 0 Å². The molecule has 1 aliphatic heterocycles. The molecule has 0 aromatic carbocycles. The number of ether oxygens (including phenoxy) is 1. The zero-order valence-electron chi connectivity index (χ0n) is 9.22. The zero-order valence-corrected chi connectivity index (χ0v) is 10.0. The summed E-state index contributed by atoms with van der Waals surface area (Å²) in [7, 11) is 0. The summed E-state index contributed by atoms with van der Waals surface area (Å²) in [5, 5.41) is 0. The quantitative estimate of drug-likeness (QED) is 0.776. The van der Waals surface area contributed by atoms with Crippen LogP contribution in [0.3, 0.4) is 0 Å². The molecule has 0 aliphatic carbocycles. The topological polar surface area (TPSA) is 51.4 Å². The van der Waals surface area contributed by atoms with Gasteiger partial charge in [0.1, 0.15) is 4.99 Å². The third kappa shape index (κ3) is 2.31. The van der Waals surface area contributed by atoms with Crippen LogP contribution in [0, 0.1) is 0 Å². The molecule has 2 rings (SSSR count). The number of rotatable bonds is 2. The lowest BCUT2D eigenvalue weighted by molar-refractivity contribution is 0.0532. The van der Waals surface area contributed by atoms with Gasteiger partial charge in [0.25, 0.3) is 0 Å². The Morgan fingerprint density at radius 3 is 3.19 bits per heavy atom. The molecule has 0 bridgehead atoms. The van der Waals surface area contributed by atoms with Gasteiger partial charge in [-0.1, -0.05) is 12.2 Å².